The summed E-state index contributed by atoms with van der Waals surface area (Å²) < 4.78 is 47.8. The number of amides is 2. The first-order valence-electron chi connectivity index (χ1n) is 12.1. The van der Waals surface area contributed by atoms with Gasteiger partial charge in [-0.25, -0.2) is 8.70 Å². The molecule has 0 fully saturated rings. The quantitative estimate of drug-likeness (QED) is 0.424. The van der Waals surface area contributed by atoms with E-state index in [4.69, 9.17) is 4.74 Å². The van der Waals surface area contributed by atoms with Crippen molar-refractivity contribution in [2.24, 2.45) is 0 Å². The Morgan fingerprint density at radius 1 is 1.03 bits per heavy atom. The minimum atomic E-state index is -4.24. The van der Waals surface area contributed by atoms with Gasteiger partial charge in [0.05, 0.1) is 12.8 Å². The summed E-state index contributed by atoms with van der Waals surface area (Å²) in [4.78, 5) is 28.3. The van der Waals surface area contributed by atoms with Crippen molar-refractivity contribution in [3.8, 4) is 5.75 Å². The van der Waals surface area contributed by atoms with E-state index in [1.807, 2.05) is 13.8 Å². The van der Waals surface area contributed by atoms with Crippen molar-refractivity contribution >= 4 is 27.7 Å². The van der Waals surface area contributed by atoms with Gasteiger partial charge in [0, 0.05) is 26.7 Å². The summed E-state index contributed by atoms with van der Waals surface area (Å²) in [6.07, 6.45) is 1.00. The molecule has 2 atom stereocenters. The second kappa shape index (κ2) is 13.4. The molecule has 9 nitrogen and oxygen atoms in total. The molecule has 0 bridgehead atoms. The summed E-state index contributed by atoms with van der Waals surface area (Å²) in [7, 11) is -0.0916. The molecule has 0 aliphatic rings. The minimum Gasteiger partial charge on any atom is -0.497 e. The summed E-state index contributed by atoms with van der Waals surface area (Å²) in [6.45, 7) is 4.93. The molecule has 2 amide bonds. The molecule has 0 aliphatic carbocycles. The second-order valence-corrected chi connectivity index (χ2v) is 10.9. The predicted octanol–water partition coefficient (Wildman–Crippen LogP) is 3.17. The number of rotatable bonds is 13. The summed E-state index contributed by atoms with van der Waals surface area (Å²) in [6, 6.07) is 11.4. The van der Waals surface area contributed by atoms with Crippen molar-refractivity contribution in [3.05, 3.63) is 59.9 Å². The maximum absolute atomic E-state index is 14.7. The van der Waals surface area contributed by atoms with Crippen LogP contribution in [-0.2, 0) is 26.3 Å². The van der Waals surface area contributed by atoms with E-state index in [2.05, 4.69) is 5.32 Å². The largest absolute Gasteiger partial charge is 0.497 e. The first kappa shape index (κ1) is 30.0. The number of nitrogens with one attached hydrogen (secondary N) is 1. The lowest BCUT2D eigenvalue weighted by Crippen LogP contribution is -2.54. The lowest BCUT2D eigenvalue weighted by molar-refractivity contribution is -0.140. The van der Waals surface area contributed by atoms with Gasteiger partial charge in [-0.05, 0) is 49.6 Å². The summed E-state index contributed by atoms with van der Waals surface area (Å²) >= 11 is 0. The molecule has 0 spiro atoms. The molecular formula is C26H37FN4O5S. The highest BCUT2D eigenvalue weighted by molar-refractivity contribution is 7.90. The highest BCUT2D eigenvalue weighted by atomic mass is 32.2. The Balaban J connectivity index is 2.51. The van der Waals surface area contributed by atoms with E-state index in [-0.39, 0.29) is 24.2 Å². The van der Waals surface area contributed by atoms with Crippen molar-refractivity contribution in [3.63, 3.8) is 0 Å². The molecule has 0 saturated carbocycles. The number of anilines is 1. The first-order valence-corrected chi connectivity index (χ1v) is 13.5. The third-order valence-electron chi connectivity index (χ3n) is 6.04. The molecule has 0 radical (unpaired) electrons. The monoisotopic (exact) mass is 536 g/mol. The van der Waals surface area contributed by atoms with E-state index in [0.717, 1.165) is 20.2 Å². The highest BCUT2D eigenvalue weighted by Crippen LogP contribution is 2.24. The molecular weight excluding hydrogens is 499 g/mol. The zero-order chi connectivity index (χ0) is 27.8. The van der Waals surface area contributed by atoms with Crippen LogP contribution in [-0.4, -0.2) is 69.3 Å². The molecule has 2 aromatic carbocycles. The zero-order valence-corrected chi connectivity index (χ0v) is 23.1. The summed E-state index contributed by atoms with van der Waals surface area (Å²) in [5.74, 6) is -1.14. The van der Waals surface area contributed by atoms with Gasteiger partial charge in [-0.15, -0.1) is 0 Å². The zero-order valence-electron chi connectivity index (χ0n) is 22.3. The number of carbonyl (C=O) groups excluding carboxylic acids is 2. The number of methoxy groups -OCH3 is 1. The van der Waals surface area contributed by atoms with Crippen molar-refractivity contribution in [1.29, 1.82) is 0 Å². The number of hydrogen-bond donors (Lipinski definition) is 1. The van der Waals surface area contributed by atoms with Crippen LogP contribution in [0.3, 0.4) is 0 Å². The van der Waals surface area contributed by atoms with E-state index in [1.54, 1.807) is 38.3 Å². The Kier molecular flexibility index (Phi) is 10.9. The number of para-hydroxylation sites is 1. The normalized spacial score (nSPS) is 13.1. The van der Waals surface area contributed by atoms with Crippen LogP contribution >= 0.6 is 0 Å². The fourth-order valence-electron chi connectivity index (χ4n) is 3.64. The maximum Gasteiger partial charge on any atom is 0.304 e. The highest BCUT2D eigenvalue weighted by Gasteiger charge is 2.34. The standard InChI is InChI=1S/C26H37FN4O5S/c1-7-19(3)28-26(33)23(8-2)30(17-20-13-15-21(36-6)16-14-20)25(32)18-31(37(34,35)29(4)5)24-12-10-9-11-22(24)27/h9-16,19,23H,7-8,17-18H2,1-6H3,(H,28,33). The van der Waals surface area contributed by atoms with E-state index < -0.39 is 34.5 Å². The van der Waals surface area contributed by atoms with Gasteiger partial charge in [0.2, 0.25) is 11.8 Å². The Morgan fingerprint density at radius 2 is 1.65 bits per heavy atom. The molecule has 2 unspecified atom stereocenters. The van der Waals surface area contributed by atoms with Crippen LogP contribution in [0.15, 0.2) is 48.5 Å². The number of hydrogen-bond acceptors (Lipinski definition) is 5. The SMILES string of the molecule is CCC(C)NC(=O)C(CC)N(Cc1ccc(OC)cc1)C(=O)CN(c1ccccc1F)S(=O)(=O)N(C)C. The third-order valence-corrected chi connectivity index (χ3v) is 7.84. The van der Waals surface area contributed by atoms with Crippen LogP contribution in [0, 0.1) is 5.82 Å². The van der Waals surface area contributed by atoms with E-state index in [0.29, 0.717) is 18.6 Å². The molecule has 0 aromatic heterocycles. The van der Waals surface area contributed by atoms with Crippen LogP contribution in [0.25, 0.3) is 0 Å². The lowest BCUT2D eigenvalue weighted by Gasteiger charge is -2.34. The average molecular weight is 537 g/mol. The molecule has 204 valence electrons. The van der Waals surface area contributed by atoms with Gasteiger partial charge < -0.3 is 15.0 Å². The summed E-state index contributed by atoms with van der Waals surface area (Å²) in [5.41, 5.74) is 0.461. The van der Waals surface area contributed by atoms with Crippen LogP contribution in [0.1, 0.15) is 39.2 Å². The smallest absolute Gasteiger partial charge is 0.304 e. The van der Waals surface area contributed by atoms with Crippen molar-refractivity contribution in [2.45, 2.75) is 52.2 Å². The molecule has 1 N–H and O–H groups in total. The van der Waals surface area contributed by atoms with Gasteiger partial charge in [-0.3, -0.25) is 9.59 Å². The van der Waals surface area contributed by atoms with E-state index in [9.17, 15) is 22.4 Å². The Bertz CT molecular complexity index is 1160. The van der Waals surface area contributed by atoms with Gasteiger partial charge in [-0.2, -0.15) is 12.7 Å². The fraction of sp³-hybridized carbons (Fsp3) is 0.462. The fourth-order valence-corrected chi connectivity index (χ4v) is 4.71. The average Bonchev–Trinajstić information content (AvgIpc) is 2.87. The Morgan fingerprint density at radius 3 is 2.16 bits per heavy atom. The topological polar surface area (TPSA) is 99.3 Å². The molecule has 2 aromatic rings. The second-order valence-electron chi connectivity index (χ2n) is 8.86. The van der Waals surface area contributed by atoms with Gasteiger partial charge >= 0.3 is 10.2 Å². The molecule has 11 heteroatoms. The van der Waals surface area contributed by atoms with Gasteiger partial charge in [-0.1, -0.05) is 38.1 Å². The van der Waals surface area contributed by atoms with Crippen LogP contribution in [0.4, 0.5) is 10.1 Å². The van der Waals surface area contributed by atoms with Crippen molar-refractivity contribution in [2.75, 3.05) is 32.1 Å². The Labute approximate surface area is 219 Å². The number of halogens is 1. The number of carbonyl (C=O) groups is 2. The minimum absolute atomic E-state index is 0.0440. The number of ether oxygens (including phenoxy) is 1. The van der Waals surface area contributed by atoms with Crippen LogP contribution < -0.4 is 14.4 Å². The maximum atomic E-state index is 14.7. The van der Waals surface area contributed by atoms with Crippen molar-refractivity contribution < 1.29 is 27.1 Å². The van der Waals surface area contributed by atoms with Crippen molar-refractivity contribution in [1.82, 2.24) is 14.5 Å². The predicted molar refractivity (Wildman–Crippen MR) is 142 cm³/mol. The van der Waals surface area contributed by atoms with Crippen LogP contribution in [0.2, 0.25) is 0 Å². The molecule has 2 rings (SSSR count). The molecule has 0 saturated heterocycles. The molecule has 0 aliphatic heterocycles. The lowest BCUT2D eigenvalue weighted by atomic mass is 10.1. The van der Waals surface area contributed by atoms with Crippen LogP contribution in [0.5, 0.6) is 5.75 Å². The Hall–Kier alpha value is -3.18. The summed E-state index contributed by atoms with van der Waals surface area (Å²) in [5, 5.41) is 2.91. The van der Waals surface area contributed by atoms with Gasteiger partial charge in [0.1, 0.15) is 24.2 Å². The van der Waals surface area contributed by atoms with E-state index in [1.165, 1.54) is 37.2 Å². The number of benzene rings is 2. The van der Waals surface area contributed by atoms with Gasteiger partial charge in [0.15, 0.2) is 0 Å². The molecule has 0 heterocycles. The number of nitrogens with zero attached hydrogens (tertiary/aromatic N) is 3. The third kappa shape index (κ3) is 7.65. The molecule has 37 heavy (non-hydrogen) atoms. The van der Waals surface area contributed by atoms with Gasteiger partial charge in [0.25, 0.3) is 0 Å². The van der Waals surface area contributed by atoms with E-state index >= 15 is 0 Å². The first-order chi connectivity index (χ1) is 17.5.